The van der Waals surface area contributed by atoms with Gasteiger partial charge in [0, 0.05) is 27.2 Å². The van der Waals surface area contributed by atoms with Crippen LogP contribution in [0.3, 0.4) is 0 Å². The van der Waals surface area contributed by atoms with Crippen LogP contribution in [0.25, 0.3) is 6.08 Å². The molecular weight excluding hydrogens is 416 g/mol. The number of esters is 3. The van der Waals surface area contributed by atoms with Gasteiger partial charge in [-0.1, -0.05) is 18.2 Å². The summed E-state index contributed by atoms with van der Waals surface area (Å²) in [7, 11) is 1.47. The van der Waals surface area contributed by atoms with Gasteiger partial charge in [0.25, 0.3) is 0 Å². The first-order chi connectivity index (χ1) is 15.2. The molecule has 0 aromatic heterocycles. The van der Waals surface area contributed by atoms with Gasteiger partial charge in [0.15, 0.2) is 28.8 Å². The Bertz CT molecular complexity index is 1050. The summed E-state index contributed by atoms with van der Waals surface area (Å²) in [6, 6.07) is 9.72. The summed E-state index contributed by atoms with van der Waals surface area (Å²) in [4.78, 5) is 45.9. The molecule has 0 fully saturated rings. The van der Waals surface area contributed by atoms with Gasteiger partial charge < -0.3 is 18.9 Å². The maximum Gasteiger partial charge on any atom is 0.308 e. The van der Waals surface area contributed by atoms with Crippen LogP contribution in [0.4, 0.5) is 0 Å². The van der Waals surface area contributed by atoms with Crippen molar-refractivity contribution in [1.82, 2.24) is 0 Å². The van der Waals surface area contributed by atoms with E-state index in [9.17, 15) is 19.2 Å². The number of allylic oxidation sites excluding steroid dienone is 1. The molecule has 0 radical (unpaired) electrons. The molecule has 0 heterocycles. The maximum atomic E-state index is 12.3. The van der Waals surface area contributed by atoms with Crippen LogP contribution in [-0.4, -0.2) is 30.8 Å². The van der Waals surface area contributed by atoms with Gasteiger partial charge in [0.05, 0.1) is 7.11 Å². The molecule has 0 amide bonds. The zero-order chi connectivity index (χ0) is 23.7. The molecule has 0 atom stereocenters. The van der Waals surface area contributed by atoms with Crippen LogP contribution in [0.15, 0.2) is 42.5 Å². The lowest BCUT2D eigenvalue weighted by Gasteiger charge is -2.10. The van der Waals surface area contributed by atoms with Gasteiger partial charge >= 0.3 is 17.9 Å². The highest BCUT2D eigenvalue weighted by atomic mass is 16.6. The Kier molecular flexibility index (Phi) is 8.71. The minimum absolute atomic E-state index is 0.0854. The van der Waals surface area contributed by atoms with Crippen LogP contribution in [-0.2, 0) is 25.6 Å². The van der Waals surface area contributed by atoms with Gasteiger partial charge in [-0.05, 0) is 47.9 Å². The quantitative estimate of drug-likeness (QED) is 0.330. The molecule has 2 aromatic rings. The molecule has 0 aliphatic heterocycles. The number of benzene rings is 2. The Balaban J connectivity index is 2.05. The number of ketones is 1. The predicted octanol–water partition coefficient (Wildman–Crippen LogP) is 3.69. The highest BCUT2D eigenvalue weighted by Crippen LogP contribution is 2.30. The Morgan fingerprint density at radius 2 is 1.31 bits per heavy atom. The van der Waals surface area contributed by atoms with E-state index >= 15 is 0 Å². The van der Waals surface area contributed by atoms with Crippen molar-refractivity contribution in [3.8, 4) is 23.0 Å². The monoisotopic (exact) mass is 440 g/mol. The summed E-state index contributed by atoms with van der Waals surface area (Å²) in [6.07, 6.45) is 3.71. The third-order valence-electron chi connectivity index (χ3n) is 4.08. The minimum atomic E-state index is -0.564. The lowest BCUT2D eigenvalue weighted by atomic mass is 10.1. The Morgan fingerprint density at radius 1 is 0.750 bits per heavy atom. The Labute approximate surface area is 185 Å². The topological polar surface area (TPSA) is 105 Å². The fraction of sp³-hybridized carbons (Fsp3) is 0.250. The van der Waals surface area contributed by atoms with Gasteiger partial charge in [0.2, 0.25) is 0 Å². The van der Waals surface area contributed by atoms with E-state index in [1.165, 1.54) is 46.1 Å². The molecule has 0 unspecified atom stereocenters. The van der Waals surface area contributed by atoms with Crippen molar-refractivity contribution in [2.75, 3.05) is 7.11 Å². The molecule has 2 aromatic carbocycles. The lowest BCUT2D eigenvalue weighted by molar-refractivity contribution is -0.134. The zero-order valence-electron chi connectivity index (χ0n) is 18.3. The second kappa shape index (κ2) is 11.5. The molecule has 0 bridgehead atoms. The summed E-state index contributed by atoms with van der Waals surface area (Å²) >= 11 is 0. The van der Waals surface area contributed by atoms with E-state index in [1.807, 2.05) is 0 Å². The van der Waals surface area contributed by atoms with Crippen molar-refractivity contribution in [2.24, 2.45) is 0 Å². The maximum absolute atomic E-state index is 12.3. The van der Waals surface area contributed by atoms with Gasteiger partial charge in [-0.3, -0.25) is 19.2 Å². The molecule has 32 heavy (non-hydrogen) atoms. The minimum Gasteiger partial charge on any atom is -0.493 e. The number of methoxy groups -OCH3 is 1. The SMILES string of the molecule is COc1cc(CCC(=O)/C=C/c2ccc(OC(C)=O)c(OC(C)=O)c2)ccc1OC(C)=O. The van der Waals surface area contributed by atoms with Crippen LogP contribution >= 0.6 is 0 Å². The number of hydrogen-bond donors (Lipinski definition) is 0. The van der Waals surface area contributed by atoms with Crippen molar-refractivity contribution in [3.63, 3.8) is 0 Å². The van der Waals surface area contributed by atoms with E-state index in [-0.39, 0.29) is 23.7 Å². The van der Waals surface area contributed by atoms with Crippen molar-refractivity contribution in [3.05, 3.63) is 53.6 Å². The third-order valence-corrected chi connectivity index (χ3v) is 4.08. The first-order valence-corrected chi connectivity index (χ1v) is 9.75. The van der Waals surface area contributed by atoms with Crippen LogP contribution in [0.2, 0.25) is 0 Å². The van der Waals surface area contributed by atoms with Crippen LogP contribution < -0.4 is 18.9 Å². The van der Waals surface area contributed by atoms with Crippen molar-refractivity contribution >= 4 is 29.8 Å². The number of hydrogen-bond acceptors (Lipinski definition) is 8. The molecule has 8 nitrogen and oxygen atoms in total. The number of carbonyl (C=O) groups is 4. The largest absolute Gasteiger partial charge is 0.493 e. The molecule has 0 N–H and O–H groups in total. The second-order valence-corrected chi connectivity index (χ2v) is 6.77. The third kappa shape index (κ3) is 7.71. The molecular formula is C24H24O8. The molecule has 0 saturated carbocycles. The van der Waals surface area contributed by atoms with Crippen molar-refractivity contribution in [1.29, 1.82) is 0 Å². The highest BCUT2D eigenvalue weighted by Gasteiger charge is 2.11. The summed E-state index contributed by atoms with van der Waals surface area (Å²) in [5.74, 6) is -0.757. The molecule has 0 aliphatic carbocycles. The normalized spacial score (nSPS) is 10.5. The number of aryl methyl sites for hydroxylation is 1. The van der Waals surface area contributed by atoms with Gasteiger partial charge in [-0.15, -0.1) is 0 Å². The number of rotatable bonds is 9. The van der Waals surface area contributed by atoms with Crippen LogP contribution in [0, 0.1) is 0 Å². The van der Waals surface area contributed by atoms with E-state index in [4.69, 9.17) is 18.9 Å². The number of ether oxygens (including phenoxy) is 4. The second-order valence-electron chi connectivity index (χ2n) is 6.77. The van der Waals surface area contributed by atoms with Crippen molar-refractivity contribution < 1.29 is 38.1 Å². The predicted molar refractivity (Wildman–Crippen MR) is 116 cm³/mol. The molecule has 168 valence electrons. The standard InChI is InChI=1S/C24H24O8/c1-15(25)30-21-11-7-18(13-23(21)29-4)5-9-20(28)10-6-19-8-12-22(31-16(2)26)24(14-19)32-17(3)27/h6-8,10-14H,5,9H2,1-4H3/b10-6+. The Morgan fingerprint density at radius 3 is 1.91 bits per heavy atom. The summed E-state index contributed by atoms with van der Waals surface area (Å²) in [5.41, 5.74) is 1.44. The van der Waals surface area contributed by atoms with Gasteiger partial charge in [-0.2, -0.15) is 0 Å². The summed E-state index contributed by atoms with van der Waals surface area (Å²) in [5, 5.41) is 0. The molecule has 0 aliphatic rings. The fourth-order valence-corrected chi connectivity index (χ4v) is 2.75. The van der Waals surface area contributed by atoms with E-state index in [2.05, 4.69) is 0 Å². The van der Waals surface area contributed by atoms with Crippen molar-refractivity contribution in [2.45, 2.75) is 33.6 Å². The zero-order valence-corrected chi connectivity index (χ0v) is 18.3. The first kappa shape index (κ1) is 24.3. The van der Waals surface area contributed by atoms with Crippen LogP contribution in [0.5, 0.6) is 23.0 Å². The highest BCUT2D eigenvalue weighted by molar-refractivity contribution is 5.93. The molecule has 2 rings (SSSR count). The molecule has 8 heteroatoms. The van der Waals surface area contributed by atoms with Gasteiger partial charge in [-0.25, -0.2) is 0 Å². The smallest absolute Gasteiger partial charge is 0.308 e. The average Bonchev–Trinajstić information content (AvgIpc) is 2.72. The molecule has 0 spiro atoms. The summed E-state index contributed by atoms with van der Waals surface area (Å²) in [6.45, 7) is 3.78. The van der Waals surface area contributed by atoms with Gasteiger partial charge in [0.1, 0.15) is 0 Å². The van der Waals surface area contributed by atoms with E-state index < -0.39 is 17.9 Å². The summed E-state index contributed by atoms with van der Waals surface area (Å²) < 4.78 is 20.4. The van der Waals surface area contributed by atoms with E-state index in [0.29, 0.717) is 23.5 Å². The average molecular weight is 440 g/mol. The van der Waals surface area contributed by atoms with E-state index in [0.717, 1.165) is 5.56 Å². The lowest BCUT2D eigenvalue weighted by Crippen LogP contribution is -2.07. The van der Waals surface area contributed by atoms with Crippen LogP contribution in [0.1, 0.15) is 38.3 Å². The first-order valence-electron chi connectivity index (χ1n) is 9.75. The number of carbonyl (C=O) groups excluding carboxylic acids is 4. The molecule has 0 saturated heterocycles. The van der Waals surface area contributed by atoms with E-state index in [1.54, 1.807) is 30.3 Å². The fourth-order valence-electron chi connectivity index (χ4n) is 2.75. The Hall–Kier alpha value is -3.94.